The molecule has 20 heavy (non-hydrogen) atoms. The summed E-state index contributed by atoms with van der Waals surface area (Å²) in [5.41, 5.74) is 0. The standard InChI is InChI=1S/C15H20N2O3/c18-14(12-20-13-6-2-1-3-7-13)16-9-8-15(19)17-10-4-5-11-17/h1-3,6-7H,4-5,8-12H2,(H,16,18). The highest BCUT2D eigenvalue weighted by molar-refractivity contribution is 5.80. The topological polar surface area (TPSA) is 58.6 Å². The number of hydrogen-bond acceptors (Lipinski definition) is 3. The molecule has 0 bridgehead atoms. The summed E-state index contributed by atoms with van der Waals surface area (Å²) >= 11 is 0. The molecular weight excluding hydrogens is 256 g/mol. The third-order valence-corrected chi connectivity index (χ3v) is 3.23. The number of para-hydroxylation sites is 1. The number of benzene rings is 1. The van der Waals surface area contributed by atoms with Gasteiger partial charge in [-0.25, -0.2) is 0 Å². The van der Waals surface area contributed by atoms with Crippen molar-refractivity contribution >= 4 is 11.8 Å². The second kappa shape index (κ2) is 7.53. The van der Waals surface area contributed by atoms with Crippen LogP contribution in [0.2, 0.25) is 0 Å². The molecule has 108 valence electrons. The van der Waals surface area contributed by atoms with Crippen molar-refractivity contribution in [3.63, 3.8) is 0 Å². The van der Waals surface area contributed by atoms with Crippen molar-refractivity contribution in [2.24, 2.45) is 0 Å². The Morgan fingerprint density at radius 1 is 1.15 bits per heavy atom. The second-order valence-electron chi connectivity index (χ2n) is 4.79. The molecule has 0 spiro atoms. The van der Waals surface area contributed by atoms with E-state index in [1.165, 1.54) is 0 Å². The maximum absolute atomic E-state index is 11.7. The summed E-state index contributed by atoms with van der Waals surface area (Å²) in [5, 5.41) is 2.70. The van der Waals surface area contributed by atoms with Crippen LogP contribution in [0, 0.1) is 0 Å². The Bertz CT molecular complexity index is 442. The van der Waals surface area contributed by atoms with Gasteiger partial charge in [0.25, 0.3) is 5.91 Å². The first-order valence-corrected chi connectivity index (χ1v) is 6.98. The molecule has 1 aliphatic heterocycles. The van der Waals surface area contributed by atoms with Crippen molar-refractivity contribution in [2.75, 3.05) is 26.2 Å². The van der Waals surface area contributed by atoms with Crippen LogP contribution in [-0.2, 0) is 9.59 Å². The fourth-order valence-electron chi connectivity index (χ4n) is 2.15. The van der Waals surface area contributed by atoms with E-state index in [1.54, 1.807) is 12.1 Å². The first-order valence-electron chi connectivity index (χ1n) is 6.98. The van der Waals surface area contributed by atoms with Gasteiger partial charge in [-0.3, -0.25) is 9.59 Å². The normalized spacial score (nSPS) is 14.1. The molecule has 1 N–H and O–H groups in total. The largest absolute Gasteiger partial charge is 0.484 e. The molecule has 5 nitrogen and oxygen atoms in total. The fraction of sp³-hybridized carbons (Fsp3) is 0.467. The van der Waals surface area contributed by atoms with Gasteiger partial charge in [0.1, 0.15) is 5.75 Å². The minimum atomic E-state index is -0.205. The molecule has 0 saturated carbocycles. The number of carbonyl (C=O) groups excluding carboxylic acids is 2. The van der Waals surface area contributed by atoms with E-state index in [0.29, 0.717) is 18.7 Å². The SMILES string of the molecule is O=C(COc1ccccc1)NCCC(=O)N1CCCC1. The monoisotopic (exact) mass is 276 g/mol. The zero-order valence-corrected chi connectivity index (χ0v) is 11.5. The molecule has 1 aromatic carbocycles. The van der Waals surface area contributed by atoms with Gasteiger partial charge >= 0.3 is 0 Å². The summed E-state index contributed by atoms with van der Waals surface area (Å²) < 4.78 is 5.32. The van der Waals surface area contributed by atoms with E-state index in [4.69, 9.17) is 4.74 Å². The second-order valence-corrected chi connectivity index (χ2v) is 4.79. The average Bonchev–Trinajstić information content (AvgIpc) is 3.00. The third kappa shape index (κ3) is 4.57. The first kappa shape index (κ1) is 14.4. The van der Waals surface area contributed by atoms with Gasteiger partial charge in [0.2, 0.25) is 5.91 Å². The van der Waals surface area contributed by atoms with Gasteiger partial charge in [-0.2, -0.15) is 0 Å². The molecule has 5 heteroatoms. The zero-order valence-electron chi connectivity index (χ0n) is 11.5. The molecule has 0 aliphatic carbocycles. The van der Waals surface area contributed by atoms with Gasteiger partial charge in [-0.1, -0.05) is 18.2 Å². The van der Waals surface area contributed by atoms with Gasteiger partial charge < -0.3 is 15.0 Å². The molecular formula is C15H20N2O3. The maximum Gasteiger partial charge on any atom is 0.257 e. The molecule has 0 aromatic heterocycles. The lowest BCUT2D eigenvalue weighted by Gasteiger charge is -2.15. The molecule has 1 fully saturated rings. The third-order valence-electron chi connectivity index (χ3n) is 3.23. The Kier molecular flexibility index (Phi) is 5.41. The molecule has 2 amide bonds. The highest BCUT2D eigenvalue weighted by Crippen LogP contribution is 2.09. The van der Waals surface area contributed by atoms with Crippen LogP contribution in [0.1, 0.15) is 19.3 Å². The smallest absolute Gasteiger partial charge is 0.257 e. The van der Waals surface area contributed by atoms with Crippen LogP contribution >= 0.6 is 0 Å². The number of ether oxygens (including phenoxy) is 1. The molecule has 1 heterocycles. The predicted molar refractivity (Wildman–Crippen MR) is 75.4 cm³/mol. The summed E-state index contributed by atoms with van der Waals surface area (Å²) in [6.07, 6.45) is 2.53. The van der Waals surface area contributed by atoms with Crippen LogP contribution in [0.5, 0.6) is 5.75 Å². The number of nitrogens with one attached hydrogen (secondary N) is 1. The summed E-state index contributed by atoms with van der Waals surface area (Å²) in [5.74, 6) is 0.575. The number of amides is 2. The van der Waals surface area contributed by atoms with E-state index < -0.39 is 0 Å². The van der Waals surface area contributed by atoms with E-state index in [-0.39, 0.29) is 18.4 Å². The lowest BCUT2D eigenvalue weighted by Crippen LogP contribution is -2.34. The lowest BCUT2D eigenvalue weighted by atomic mass is 10.3. The number of rotatable bonds is 6. The Hall–Kier alpha value is -2.04. The fourth-order valence-corrected chi connectivity index (χ4v) is 2.15. The number of hydrogen-bond donors (Lipinski definition) is 1. The van der Waals surface area contributed by atoms with Gasteiger partial charge in [0, 0.05) is 26.1 Å². The van der Waals surface area contributed by atoms with Crippen LogP contribution in [0.15, 0.2) is 30.3 Å². The highest BCUT2D eigenvalue weighted by atomic mass is 16.5. The number of carbonyl (C=O) groups is 2. The molecule has 0 atom stereocenters. The van der Waals surface area contributed by atoms with Crippen LogP contribution in [0.3, 0.4) is 0 Å². The van der Waals surface area contributed by atoms with E-state index in [0.717, 1.165) is 25.9 Å². The van der Waals surface area contributed by atoms with E-state index in [2.05, 4.69) is 5.32 Å². The first-order chi connectivity index (χ1) is 9.75. The highest BCUT2D eigenvalue weighted by Gasteiger charge is 2.17. The zero-order chi connectivity index (χ0) is 14.2. The Morgan fingerprint density at radius 2 is 1.85 bits per heavy atom. The molecule has 0 radical (unpaired) electrons. The van der Waals surface area contributed by atoms with Crippen LogP contribution in [0.4, 0.5) is 0 Å². The van der Waals surface area contributed by atoms with E-state index in [1.807, 2.05) is 23.1 Å². The average molecular weight is 276 g/mol. The number of nitrogens with zero attached hydrogens (tertiary/aromatic N) is 1. The minimum Gasteiger partial charge on any atom is -0.484 e. The molecule has 2 rings (SSSR count). The summed E-state index contributed by atoms with van der Waals surface area (Å²) in [6, 6.07) is 9.18. The van der Waals surface area contributed by atoms with Gasteiger partial charge in [-0.05, 0) is 25.0 Å². The van der Waals surface area contributed by atoms with Crippen molar-refractivity contribution < 1.29 is 14.3 Å². The van der Waals surface area contributed by atoms with Gasteiger partial charge in [0.15, 0.2) is 6.61 Å². The molecule has 1 aliphatic rings. The van der Waals surface area contributed by atoms with Crippen molar-refractivity contribution in [2.45, 2.75) is 19.3 Å². The summed E-state index contributed by atoms with van der Waals surface area (Å²) in [6.45, 7) is 2.04. The van der Waals surface area contributed by atoms with E-state index >= 15 is 0 Å². The summed E-state index contributed by atoms with van der Waals surface area (Å²) in [4.78, 5) is 25.2. The van der Waals surface area contributed by atoms with Crippen molar-refractivity contribution in [3.05, 3.63) is 30.3 Å². The number of likely N-dealkylation sites (tertiary alicyclic amines) is 1. The van der Waals surface area contributed by atoms with Crippen molar-refractivity contribution in [1.82, 2.24) is 10.2 Å². The van der Waals surface area contributed by atoms with Gasteiger partial charge in [-0.15, -0.1) is 0 Å². The maximum atomic E-state index is 11.7. The van der Waals surface area contributed by atoms with Crippen molar-refractivity contribution in [1.29, 1.82) is 0 Å². The Morgan fingerprint density at radius 3 is 2.55 bits per heavy atom. The van der Waals surface area contributed by atoms with E-state index in [9.17, 15) is 9.59 Å². The Labute approximate surface area is 118 Å². The predicted octanol–water partition coefficient (Wildman–Crippen LogP) is 1.19. The molecule has 1 aromatic rings. The molecule has 0 unspecified atom stereocenters. The molecule has 1 saturated heterocycles. The van der Waals surface area contributed by atoms with Crippen molar-refractivity contribution in [3.8, 4) is 5.75 Å². The van der Waals surface area contributed by atoms with Crippen LogP contribution in [0.25, 0.3) is 0 Å². The quantitative estimate of drug-likeness (QED) is 0.849. The van der Waals surface area contributed by atoms with Crippen LogP contribution < -0.4 is 10.1 Å². The minimum absolute atomic E-state index is 0.0259. The van der Waals surface area contributed by atoms with Gasteiger partial charge in [0.05, 0.1) is 0 Å². The van der Waals surface area contributed by atoms with Crippen LogP contribution in [-0.4, -0.2) is 43.0 Å². The Balaban J connectivity index is 1.59. The summed E-state index contributed by atoms with van der Waals surface area (Å²) in [7, 11) is 0. The lowest BCUT2D eigenvalue weighted by molar-refractivity contribution is -0.130.